The molecule has 1 atom stereocenters. The maximum atomic E-state index is 13.4. The van der Waals surface area contributed by atoms with Crippen LogP contribution >= 0.6 is 0 Å². The molecule has 1 aliphatic carbocycles. The largest absolute Gasteiger partial charge is 0.573 e. The Labute approximate surface area is 180 Å². The topological polar surface area (TPSA) is 48.4 Å². The maximum absolute atomic E-state index is 13.4. The number of likely N-dealkylation sites (tertiary alicyclic amines) is 1. The minimum atomic E-state index is -4.74. The van der Waals surface area contributed by atoms with E-state index in [-0.39, 0.29) is 24.2 Å². The number of carbonyl (C=O) groups is 1. The van der Waals surface area contributed by atoms with Crippen LogP contribution in [-0.4, -0.2) is 78.1 Å². The van der Waals surface area contributed by atoms with Crippen LogP contribution in [0.3, 0.4) is 0 Å². The summed E-state index contributed by atoms with van der Waals surface area (Å²) in [5, 5.41) is 0. The lowest BCUT2D eigenvalue weighted by molar-refractivity contribution is -0.274. The molecule has 6 nitrogen and oxygen atoms in total. The van der Waals surface area contributed by atoms with Gasteiger partial charge in [0.05, 0.1) is 6.34 Å². The predicted octanol–water partition coefficient (Wildman–Crippen LogP) is 3.27. The Morgan fingerprint density at radius 3 is 2.55 bits per heavy atom. The van der Waals surface area contributed by atoms with Crippen LogP contribution in [0.5, 0.6) is 5.75 Å². The van der Waals surface area contributed by atoms with Crippen LogP contribution in [0.1, 0.15) is 37.7 Å². The molecule has 31 heavy (non-hydrogen) atoms. The molecule has 0 radical (unpaired) electrons. The molecule has 1 unspecified atom stereocenters. The summed E-state index contributed by atoms with van der Waals surface area (Å²) in [6, 6.07) is 6.09. The van der Waals surface area contributed by atoms with Crippen LogP contribution < -0.4 is 4.74 Å². The summed E-state index contributed by atoms with van der Waals surface area (Å²) >= 11 is 0. The van der Waals surface area contributed by atoms with Gasteiger partial charge in [0.2, 0.25) is 5.91 Å². The first kappa shape index (κ1) is 21.9. The number of rotatable bonds is 6. The first-order valence-corrected chi connectivity index (χ1v) is 10.9. The summed E-state index contributed by atoms with van der Waals surface area (Å²) in [5.74, 6) is -0.326. The minimum absolute atomic E-state index is 0.0601. The standard InChI is InChI=1S/C22H29F3N4O2/c1-27-14-20(26-15-27)21(30)29(18-8-6-17(7-9-18)28-10-3-11-28)13-16-4-2-5-19(12-16)31-22(23,24)25/h2,4-5,12,15,17-18,20H,3,6-11,13-14H2,1H3/t17-,18+,20?. The van der Waals surface area contributed by atoms with Gasteiger partial charge >= 0.3 is 6.36 Å². The van der Waals surface area contributed by atoms with Crippen LogP contribution in [0.2, 0.25) is 0 Å². The van der Waals surface area contributed by atoms with Gasteiger partial charge in [-0.05, 0) is 62.9 Å². The Kier molecular flexibility index (Phi) is 6.41. The molecular weight excluding hydrogens is 409 g/mol. The van der Waals surface area contributed by atoms with Crippen LogP contribution in [0.25, 0.3) is 0 Å². The van der Waals surface area contributed by atoms with E-state index in [4.69, 9.17) is 0 Å². The van der Waals surface area contributed by atoms with E-state index in [1.165, 1.54) is 24.6 Å². The molecule has 9 heteroatoms. The molecule has 0 spiro atoms. The van der Waals surface area contributed by atoms with Gasteiger partial charge in [-0.15, -0.1) is 13.2 Å². The second-order valence-electron chi connectivity index (χ2n) is 8.73. The molecule has 4 rings (SSSR count). The molecule has 170 valence electrons. The second-order valence-corrected chi connectivity index (χ2v) is 8.73. The van der Waals surface area contributed by atoms with Crippen LogP contribution in [0, 0.1) is 0 Å². The lowest BCUT2D eigenvalue weighted by Crippen LogP contribution is -2.51. The second kappa shape index (κ2) is 9.06. The molecule has 1 saturated heterocycles. The van der Waals surface area contributed by atoms with Crippen molar-refractivity contribution in [3.63, 3.8) is 0 Å². The number of hydrogen-bond acceptors (Lipinski definition) is 5. The fourth-order valence-electron chi connectivity index (χ4n) is 4.76. The summed E-state index contributed by atoms with van der Waals surface area (Å²) in [7, 11) is 1.87. The summed E-state index contributed by atoms with van der Waals surface area (Å²) in [6.45, 7) is 3.10. The summed E-state index contributed by atoms with van der Waals surface area (Å²) in [5.41, 5.74) is 0.621. The molecule has 1 aromatic rings. The van der Waals surface area contributed by atoms with E-state index in [0.29, 0.717) is 18.2 Å². The van der Waals surface area contributed by atoms with E-state index in [2.05, 4.69) is 14.6 Å². The third-order valence-corrected chi connectivity index (χ3v) is 6.47. The maximum Gasteiger partial charge on any atom is 0.573 e. The monoisotopic (exact) mass is 438 g/mol. The van der Waals surface area contributed by atoms with Gasteiger partial charge in [0.15, 0.2) is 0 Å². The molecular formula is C22H29F3N4O2. The molecule has 2 aliphatic heterocycles. The highest BCUT2D eigenvalue weighted by Crippen LogP contribution is 2.31. The number of nitrogens with zero attached hydrogens (tertiary/aromatic N) is 4. The molecule has 1 amide bonds. The Morgan fingerprint density at radius 1 is 1.23 bits per heavy atom. The number of benzene rings is 1. The molecule has 0 aromatic heterocycles. The van der Waals surface area contributed by atoms with Crippen molar-refractivity contribution in [2.45, 2.75) is 63.1 Å². The van der Waals surface area contributed by atoms with Gasteiger partial charge in [0.1, 0.15) is 11.8 Å². The van der Waals surface area contributed by atoms with E-state index >= 15 is 0 Å². The molecule has 2 heterocycles. The number of aliphatic imine (C=N–C) groups is 1. The molecule has 3 aliphatic rings. The smallest absolute Gasteiger partial charge is 0.406 e. The minimum Gasteiger partial charge on any atom is -0.406 e. The molecule has 2 fully saturated rings. The molecule has 0 N–H and O–H groups in total. The number of likely N-dealkylation sites (N-methyl/N-ethyl adjacent to an activating group) is 1. The van der Waals surface area contributed by atoms with Crippen molar-refractivity contribution in [1.82, 2.24) is 14.7 Å². The van der Waals surface area contributed by atoms with Crippen LogP contribution in [0.15, 0.2) is 29.3 Å². The number of hydrogen-bond donors (Lipinski definition) is 0. The molecule has 1 saturated carbocycles. The van der Waals surface area contributed by atoms with E-state index in [9.17, 15) is 18.0 Å². The number of halogens is 3. The summed E-state index contributed by atoms with van der Waals surface area (Å²) in [6.07, 6.45) is 2.06. The average Bonchev–Trinajstić information content (AvgIpc) is 3.10. The van der Waals surface area contributed by atoms with Crippen molar-refractivity contribution in [1.29, 1.82) is 0 Å². The zero-order chi connectivity index (χ0) is 22.0. The van der Waals surface area contributed by atoms with E-state index in [1.54, 1.807) is 12.4 Å². The van der Waals surface area contributed by atoms with Crippen molar-refractivity contribution >= 4 is 12.2 Å². The SMILES string of the molecule is CN1C=NC(C(=O)N(Cc2cccc(OC(F)(F)F)c2)[C@H]2CC[C@@H](N3CCC3)CC2)C1. The van der Waals surface area contributed by atoms with Gasteiger partial charge < -0.3 is 19.4 Å². The fraction of sp³-hybridized carbons (Fsp3) is 0.636. The lowest BCUT2D eigenvalue weighted by atomic mass is 9.87. The lowest BCUT2D eigenvalue weighted by Gasteiger charge is -2.44. The molecule has 0 bridgehead atoms. The Bertz CT molecular complexity index is 804. The van der Waals surface area contributed by atoms with Gasteiger partial charge in [0, 0.05) is 32.2 Å². The molecule has 1 aromatic carbocycles. The van der Waals surface area contributed by atoms with Gasteiger partial charge in [0.25, 0.3) is 0 Å². The Balaban J connectivity index is 1.48. The van der Waals surface area contributed by atoms with Crippen molar-refractivity contribution in [3.8, 4) is 5.75 Å². The third kappa shape index (κ3) is 5.50. The highest BCUT2D eigenvalue weighted by molar-refractivity contribution is 5.85. The van der Waals surface area contributed by atoms with Crippen LogP contribution in [0.4, 0.5) is 13.2 Å². The average molecular weight is 438 g/mol. The third-order valence-electron chi connectivity index (χ3n) is 6.47. The zero-order valence-corrected chi connectivity index (χ0v) is 17.7. The number of alkyl halides is 3. The quantitative estimate of drug-likeness (QED) is 0.684. The first-order chi connectivity index (χ1) is 14.8. The van der Waals surface area contributed by atoms with Crippen LogP contribution in [-0.2, 0) is 11.3 Å². The van der Waals surface area contributed by atoms with E-state index < -0.39 is 12.4 Å². The van der Waals surface area contributed by atoms with Gasteiger partial charge in [-0.1, -0.05) is 12.1 Å². The van der Waals surface area contributed by atoms with Gasteiger partial charge in [-0.25, -0.2) is 0 Å². The highest BCUT2D eigenvalue weighted by Gasteiger charge is 2.36. The highest BCUT2D eigenvalue weighted by atomic mass is 19.4. The van der Waals surface area contributed by atoms with Gasteiger partial charge in [-0.2, -0.15) is 0 Å². The van der Waals surface area contributed by atoms with Crippen molar-refractivity contribution < 1.29 is 22.7 Å². The van der Waals surface area contributed by atoms with E-state index in [1.807, 2.05) is 16.8 Å². The first-order valence-electron chi connectivity index (χ1n) is 10.9. The Morgan fingerprint density at radius 2 is 1.97 bits per heavy atom. The zero-order valence-electron chi connectivity index (χ0n) is 17.7. The predicted molar refractivity (Wildman–Crippen MR) is 111 cm³/mol. The van der Waals surface area contributed by atoms with Crippen molar-refractivity contribution in [3.05, 3.63) is 29.8 Å². The fourth-order valence-corrected chi connectivity index (χ4v) is 4.76. The summed E-state index contributed by atoms with van der Waals surface area (Å²) < 4.78 is 41.9. The number of amides is 1. The van der Waals surface area contributed by atoms with Gasteiger partial charge in [-0.3, -0.25) is 9.79 Å². The van der Waals surface area contributed by atoms with Crippen molar-refractivity contribution in [2.24, 2.45) is 4.99 Å². The summed E-state index contributed by atoms with van der Waals surface area (Å²) in [4.78, 5) is 23.9. The Hall–Kier alpha value is -2.29. The van der Waals surface area contributed by atoms with Crippen molar-refractivity contribution in [2.75, 3.05) is 26.7 Å². The van der Waals surface area contributed by atoms with E-state index in [0.717, 1.165) is 38.8 Å². The normalized spacial score (nSPS) is 26.6. The number of ether oxygens (including phenoxy) is 1. The number of carbonyl (C=O) groups excluding carboxylic acids is 1.